The van der Waals surface area contributed by atoms with E-state index in [-0.39, 0.29) is 22.3 Å². The first kappa shape index (κ1) is 27.5. The second-order valence-electron chi connectivity index (χ2n) is 15.4. The maximum absolute atomic E-state index is 13.3. The van der Waals surface area contributed by atoms with Crippen LogP contribution < -0.4 is 5.32 Å². The molecule has 0 aromatic heterocycles. The number of nitrogens with zero attached hydrogens (tertiary/aromatic N) is 2. The Balaban J connectivity index is 1.13. The Morgan fingerprint density at radius 1 is 1.05 bits per heavy atom. The third-order valence-electron chi connectivity index (χ3n) is 12.6. The van der Waals surface area contributed by atoms with Gasteiger partial charge in [0, 0.05) is 37.5 Å². The van der Waals surface area contributed by atoms with Gasteiger partial charge in [0.25, 0.3) is 0 Å². The van der Waals surface area contributed by atoms with E-state index in [1.165, 1.54) is 37.7 Å². The van der Waals surface area contributed by atoms with Crippen LogP contribution in [0.15, 0.2) is 16.8 Å². The van der Waals surface area contributed by atoms with Crippen molar-refractivity contribution in [1.29, 1.82) is 0 Å². The summed E-state index contributed by atoms with van der Waals surface area (Å²) < 4.78 is 0. The molecule has 6 aliphatic rings. The highest BCUT2D eigenvalue weighted by molar-refractivity contribution is 5.91. The van der Waals surface area contributed by atoms with Crippen molar-refractivity contribution in [3.63, 3.8) is 0 Å². The van der Waals surface area contributed by atoms with Gasteiger partial charge in [-0.2, -0.15) is 0 Å². The van der Waals surface area contributed by atoms with Gasteiger partial charge in [0.05, 0.1) is 5.71 Å². The third-order valence-corrected chi connectivity index (χ3v) is 12.6. The number of carbonyl (C=O) groups excluding carboxylic acids is 2. The van der Waals surface area contributed by atoms with Gasteiger partial charge in [-0.15, -0.1) is 0 Å². The summed E-state index contributed by atoms with van der Waals surface area (Å²) in [6.07, 6.45) is 15.1. The van der Waals surface area contributed by atoms with Crippen LogP contribution in [0.25, 0.3) is 0 Å². The summed E-state index contributed by atoms with van der Waals surface area (Å²) in [4.78, 5) is 33.2. The fourth-order valence-electron chi connectivity index (χ4n) is 10.1. The number of carbonyl (C=O) groups is 2. The van der Waals surface area contributed by atoms with Gasteiger partial charge in [-0.25, -0.2) is 4.79 Å². The molecule has 1 amide bonds. The minimum Gasteiger partial charge on any atom is -0.312 e. The zero-order valence-corrected chi connectivity index (χ0v) is 25.1. The zero-order chi connectivity index (χ0) is 27.6. The highest BCUT2D eigenvalue weighted by Gasteiger charge is 2.59. The number of ketones is 1. The van der Waals surface area contributed by atoms with E-state index in [0.29, 0.717) is 42.2 Å². The molecule has 1 aliphatic heterocycles. The summed E-state index contributed by atoms with van der Waals surface area (Å²) in [7, 11) is 0. The maximum atomic E-state index is 13.3. The molecule has 1 N–H and O–H groups in total. The summed E-state index contributed by atoms with van der Waals surface area (Å²) in [5.41, 5.74) is 3.16. The van der Waals surface area contributed by atoms with Crippen molar-refractivity contribution in [2.75, 3.05) is 13.1 Å². The number of rotatable bonds is 5. The van der Waals surface area contributed by atoms with Crippen LogP contribution in [0.1, 0.15) is 112 Å². The fraction of sp³-hybridized carbons (Fsp3) is 0.848. The smallest absolute Gasteiger partial charge is 0.312 e. The van der Waals surface area contributed by atoms with Crippen LogP contribution in [-0.4, -0.2) is 47.7 Å². The molecule has 0 radical (unpaired) electrons. The van der Waals surface area contributed by atoms with E-state index < -0.39 is 0 Å². The van der Waals surface area contributed by atoms with Crippen LogP contribution in [-0.2, 0) is 9.63 Å². The van der Waals surface area contributed by atoms with E-state index in [9.17, 15) is 9.59 Å². The molecule has 1 unspecified atom stereocenters. The van der Waals surface area contributed by atoms with E-state index >= 15 is 0 Å². The number of hydrogen-bond donors (Lipinski definition) is 1. The lowest BCUT2D eigenvalue weighted by Gasteiger charge is -2.58. The van der Waals surface area contributed by atoms with E-state index in [1.807, 2.05) is 11.0 Å². The summed E-state index contributed by atoms with van der Waals surface area (Å²) in [6.45, 7) is 13.4. The summed E-state index contributed by atoms with van der Waals surface area (Å²) in [5.74, 6) is 2.84. The number of fused-ring (bicyclic) bond motifs is 5. The Hall–Kier alpha value is -1.69. The van der Waals surface area contributed by atoms with E-state index in [0.717, 1.165) is 63.1 Å². The minimum absolute atomic E-state index is 0.212. The second-order valence-corrected chi connectivity index (χ2v) is 15.4. The van der Waals surface area contributed by atoms with E-state index in [4.69, 9.17) is 4.84 Å². The standard InChI is InChI=1S/C33H51N3O3/c1-21(35-39-30(38)36(24-7-6-8-24)19-23-18-31(2,3)20-34-23)27-11-12-28-26-10-9-22-17-25(37)13-15-32(22,4)29(26)14-16-33(27,28)5/h17,23-24,26-29,34H,6-16,18-20H2,1-5H3/b35-21+/t23?,26-,27+,28-,29-,32-,33+/m0/s1. The van der Waals surface area contributed by atoms with Gasteiger partial charge in [-0.05, 0) is 118 Å². The average Bonchev–Trinajstić information content (AvgIpc) is 3.39. The molecule has 39 heavy (non-hydrogen) atoms. The van der Waals surface area contributed by atoms with Crippen molar-refractivity contribution in [2.45, 2.75) is 124 Å². The summed E-state index contributed by atoms with van der Waals surface area (Å²) >= 11 is 0. The minimum atomic E-state index is -0.264. The maximum Gasteiger partial charge on any atom is 0.436 e. The van der Waals surface area contributed by atoms with Crippen molar-refractivity contribution in [2.24, 2.45) is 45.1 Å². The van der Waals surface area contributed by atoms with Crippen molar-refractivity contribution in [1.82, 2.24) is 10.2 Å². The second kappa shape index (κ2) is 9.99. The fourth-order valence-corrected chi connectivity index (χ4v) is 10.1. The molecule has 6 rings (SSSR count). The van der Waals surface area contributed by atoms with Gasteiger partial charge in [0.1, 0.15) is 0 Å². The largest absolute Gasteiger partial charge is 0.436 e. The van der Waals surface area contributed by atoms with E-state index in [1.54, 1.807) is 0 Å². The predicted molar refractivity (Wildman–Crippen MR) is 154 cm³/mol. The highest BCUT2D eigenvalue weighted by atomic mass is 16.7. The van der Waals surface area contributed by atoms with Gasteiger partial charge in [0.15, 0.2) is 5.78 Å². The quantitative estimate of drug-likeness (QED) is 0.235. The molecule has 5 fully saturated rings. The molecule has 1 saturated heterocycles. The molecule has 6 heteroatoms. The van der Waals surface area contributed by atoms with Crippen LogP contribution >= 0.6 is 0 Å². The Morgan fingerprint density at radius 3 is 2.54 bits per heavy atom. The molecule has 0 bridgehead atoms. The Bertz CT molecular complexity index is 1060. The van der Waals surface area contributed by atoms with Crippen LogP contribution in [0.4, 0.5) is 4.79 Å². The molecular weight excluding hydrogens is 486 g/mol. The number of amides is 1. The zero-order valence-electron chi connectivity index (χ0n) is 25.1. The molecule has 5 aliphatic carbocycles. The lowest BCUT2D eigenvalue weighted by Crippen LogP contribution is -2.51. The van der Waals surface area contributed by atoms with Gasteiger partial charge in [0.2, 0.25) is 0 Å². The van der Waals surface area contributed by atoms with Gasteiger partial charge in [-0.1, -0.05) is 38.4 Å². The summed E-state index contributed by atoms with van der Waals surface area (Å²) in [6, 6.07) is 0.627. The molecular formula is C33H51N3O3. The first-order valence-corrected chi connectivity index (χ1v) is 16.0. The van der Waals surface area contributed by atoms with Gasteiger partial charge >= 0.3 is 6.09 Å². The third kappa shape index (κ3) is 4.81. The normalized spacial score (nSPS) is 41.7. The summed E-state index contributed by atoms with van der Waals surface area (Å²) in [5, 5.41) is 8.18. The molecule has 7 atom stereocenters. The van der Waals surface area contributed by atoms with E-state index in [2.05, 4.69) is 45.1 Å². The molecule has 0 spiro atoms. The number of nitrogens with one attached hydrogen (secondary N) is 1. The van der Waals surface area contributed by atoms with Crippen LogP contribution in [0, 0.1) is 39.9 Å². The molecule has 216 valence electrons. The Kier molecular flexibility index (Phi) is 7.04. The number of oxime groups is 1. The van der Waals surface area contributed by atoms with Gasteiger partial charge < -0.3 is 10.2 Å². The average molecular weight is 538 g/mol. The van der Waals surface area contributed by atoms with Crippen LogP contribution in [0.5, 0.6) is 0 Å². The molecule has 4 saturated carbocycles. The SMILES string of the molecule is C/C(=N\OC(=O)N(CC1CC(C)(C)CN1)C1CCC1)[C@H]1CC[C@H]2[C@@H]3CCC4=CC(=O)CC[C@]4(C)[C@H]3CC[C@]12C. The van der Waals surface area contributed by atoms with Crippen molar-refractivity contribution < 1.29 is 14.4 Å². The lowest BCUT2D eigenvalue weighted by atomic mass is 9.46. The Morgan fingerprint density at radius 2 is 1.85 bits per heavy atom. The highest BCUT2D eigenvalue weighted by Crippen LogP contribution is 2.66. The topological polar surface area (TPSA) is 71.0 Å². The van der Waals surface area contributed by atoms with Gasteiger partial charge in [-0.3, -0.25) is 9.63 Å². The number of allylic oxidation sites excluding steroid dienone is 1. The Labute approximate surface area is 235 Å². The van der Waals surface area contributed by atoms with Crippen LogP contribution in [0.3, 0.4) is 0 Å². The number of hydrogen-bond acceptors (Lipinski definition) is 5. The molecule has 0 aromatic carbocycles. The first-order valence-electron chi connectivity index (χ1n) is 16.0. The van der Waals surface area contributed by atoms with Crippen LogP contribution in [0.2, 0.25) is 0 Å². The lowest BCUT2D eigenvalue weighted by molar-refractivity contribution is -0.117. The van der Waals surface area contributed by atoms with Crippen molar-refractivity contribution in [3.05, 3.63) is 11.6 Å². The van der Waals surface area contributed by atoms with Crippen molar-refractivity contribution in [3.8, 4) is 0 Å². The monoisotopic (exact) mass is 537 g/mol. The molecule has 1 heterocycles. The van der Waals surface area contributed by atoms with Crippen molar-refractivity contribution >= 4 is 17.6 Å². The molecule has 0 aromatic rings. The predicted octanol–water partition coefficient (Wildman–Crippen LogP) is 6.89. The molecule has 6 nitrogen and oxygen atoms in total. The first-order chi connectivity index (χ1) is 18.5.